The normalized spacial score (nSPS) is 20.7. The third-order valence-corrected chi connectivity index (χ3v) is 7.42. The van der Waals surface area contributed by atoms with Crippen LogP contribution in [0.5, 0.6) is 0 Å². The van der Waals surface area contributed by atoms with Gasteiger partial charge in [0.05, 0.1) is 4.90 Å². The Balaban J connectivity index is 1.68. The zero-order valence-electron chi connectivity index (χ0n) is 15.5. The quantitative estimate of drug-likeness (QED) is 0.801. The zero-order chi connectivity index (χ0) is 20.6. The number of hydrogen-bond donors (Lipinski definition) is 1. The maximum Gasteiger partial charge on any atom is 0.244 e. The summed E-state index contributed by atoms with van der Waals surface area (Å²) in [5, 5.41) is 3.05. The molecule has 2 heterocycles. The minimum absolute atomic E-state index is 0.0343. The molecule has 1 atom stereocenters. The van der Waals surface area contributed by atoms with Crippen molar-refractivity contribution in [3.05, 3.63) is 59.1 Å². The Labute approximate surface area is 174 Å². The van der Waals surface area contributed by atoms with Crippen LogP contribution >= 0.6 is 11.6 Å². The molecule has 29 heavy (non-hydrogen) atoms. The molecule has 152 valence electrons. The van der Waals surface area contributed by atoms with Crippen LogP contribution in [0.4, 0.5) is 5.69 Å². The lowest BCUT2D eigenvalue weighted by Crippen LogP contribution is -2.52. The molecule has 0 aromatic heterocycles. The van der Waals surface area contributed by atoms with Crippen LogP contribution in [0.3, 0.4) is 0 Å². The Hall–Kier alpha value is -2.42. The van der Waals surface area contributed by atoms with Gasteiger partial charge >= 0.3 is 0 Å². The van der Waals surface area contributed by atoms with Crippen LogP contribution in [0, 0.1) is 0 Å². The summed E-state index contributed by atoms with van der Waals surface area (Å²) < 4.78 is 27.9. The molecule has 0 saturated carbocycles. The van der Waals surface area contributed by atoms with Crippen molar-refractivity contribution in [1.29, 1.82) is 0 Å². The second-order valence-corrected chi connectivity index (χ2v) is 9.27. The van der Waals surface area contributed by atoms with Gasteiger partial charge < -0.3 is 10.2 Å². The van der Waals surface area contributed by atoms with Gasteiger partial charge in [-0.25, -0.2) is 8.42 Å². The average Bonchev–Trinajstić information content (AvgIpc) is 3.14. The van der Waals surface area contributed by atoms with Gasteiger partial charge in [-0.3, -0.25) is 9.59 Å². The topological polar surface area (TPSA) is 86.8 Å². The molecule has 2 aliphatic rings. The van der Waals surface area contributed by atoms with Crippen molar-refractivity contribution in [2.24, 2.45) is 0 Å². The predicted molar refractivity (Wildman–Crippen MR) is 109 cm³/mol. The Bertz CT molecular complexity index is 1060. The number of piperazine rings is 1. The van der Waals surface area contributed by atoms with Gasteiger partial charge in [0.1, 0.15) is 6.04 Å². The maximum atomic E-state index is 13.3. The van der Waals surface area contributed by atoms with Crippen LogP contribution in [-0.4, -0.2) is 44.2 Å². The van der Waals surface area contributed by atoms with Crippen molar-refractivity contribution in [3.63, 3.8) is 0 Å². The number of nitrogens with zero attached hydrogens (tertiary/aromatic N) is 2. The molecule has 2 amide bonds. The highest BCUT2D eigenvalue weighted by Gasteiger charge is 2.40. The van der Waals surface area contributed by atoms with E-state index >= 15 is 0 Å². The number of carbonyl (C=O) groups is 2. The zero-order valence-corrected chi connectivity index (χ0v) is 17.1. The first kappa shape index (κ1) is 19.9. The van der Waals surface area contributed by atoms with Gasteiger partial charge in [-0.1, -0.05) is 29.8 Å². The SMILES string of the molecule is O=C1NCCN(S(=O)(=O)c2ccc(N3CCCC3=O)cc2)C1c1ccccc1Cl. The number of nitrogens with one attached hydrogen (secondary N) is 1. The van der Waals surface area contributed by atoms with E-state index in [0.29, 0.717) is 29.2 Å². The van der Waals surface area contributed by atoms with E-state index in [9.17, 15) is 18.0 Å². The Morgan fingerprint density at radius 2 is 1.72 bits per heavy atom. The van der Waals surface area contributed by atoms with Crippen LogP contribution < -0.4 is 10.2 Å². The molecule has 0 bridgehead atoms. The molecule has 9 heteroatoms. The summed E-state index contributed by atoms with van der Waals surface area (Å²) in [4.78, 5) is 26.2. The van der Waals surface area contributed by atoms with Gasteiger partial charge in [0.15, 0.2) is 0 Å². The fourth-order valence-electron chi connectivity index (χ4n) is 3.75. The standard InChI is InChI=1S/C20H20ClN3O4S/c21-17-5-2-1-4-16(17)19-20(26)22-11-13-24(19)29(27,28)15-9-7-14(8-10-15)23-12-3-6-18(23)25/h1-2,4-5,7-10,19H,3,6,11-13H2,(H,22,26). The summed E-state index contributed by atoms with van der Waals surface area (Å²) in [6, 6.07) is 11.9. The van der Waals surface area contributed by atoms with Crippen molar-refractivity contribution in [2.45, 2.75) is 23.8 Å². The lowest BCUT2D eigenvalue weighted by molar-refractivity contribution is -0.127. The fraction of sp³-hybridized carbons (Fsp3) is 0.300. The summed E-state index contributed by atoms with van der Waals surface area (Å²) in [5.41, 5.74) is 1.11. The van der Waals surface area contributed by atoms with E-state index in [4.69, 9.17) is 11.6 Å². The van der Waals surface area contributed by atoms with Crippen LogP contribution in [-0.2, 0) is 19.6 Å². The van der Waals surface area contributed by atoms with Crippen LogP contribution in [0.1, 0.15) is 24.4 Å². The van der Waals surface area contributed by atoms with Crippen LogP contribution in [0.15, 0.2) is 53.4 Å². The fourth-order valence-corrected chi connectivity index (χ4v) is 5.56. The molecule has 2 saturated heterocycles. The molecule has 2 aromatic rings. The van der Waals surface area contributed by atoms with E-state index in [1.54, 1.807) is 41.3 Å². The maximum absolute atomic E-state index is 13.3. The molecule has 7 nitrogen and oxygen atoms in total. The monoisotopic (exact) mass is 433 g/mol. The summed E-state index contributed by atoms with van der Waals surface area (Å²) in [6.45, 7) is 0.988. The highest BCUT2D eigenvalue weighted by atomic mass is 35.5. The Kier molecular flexibility index (Phi) is 5.33. The second-order valence-electron chi connectivity index (χ2n) is 6.97. The third kappa shape index (κ3) is 3.63. The number of hydrogen-bond acceptors (Lipinski definition) is 4. The minimum atomic E-state index is -3.95. The van der Waals surface area contributed by atoms with E-state index in [0.717, 1.165) is 6.42 Å². The van der Waals surface area contributed by atoms with E-state index in [-0.39, 0.29) is 23.9 Å². The predicted octanol–water partition coefficient (Wildman–Crippen LogP) is 2.33. The van der Waals surface area contributed by atoms with E-state index in [1.807, 2.05) is 0 Å². The van der Waals surface area contributed by atoms with E-state index in [1.165, 1.54) is 16.4 Å². The van der Waals surface area contributed by atoms with E-state index < -0.39 is 22.0 Å². The van der Waals surface area contributed by atoms with Crippen molar-refractivity contribution in [1.82, 2.24) is 9.62 Å². The van der Waals surface area contributed by atoms with Gasteiger partial charge in [-0.15, -0.1) is 0 Å². The van der Waals surface area contributed by atoms with Crippen molar-refractivity contribution in [3.8, 4) is 0 Å². The van der Waals surface area contributed by atoms with Gasteiger partial charge in [0, 0.05) is 36.8 Å². The molecule has 0 aliphatic carbocycles. The van der Waals surface area contributed by atoms with Crippen molar-refractivity contribution < 1.29 is 18.0 Å². The first-order valence-corrected chi connectivity index (χ1v) is 11.2. The van der Waals surface area contributed by atoms with Gasteiger partial charge in [-0.05, 0) is 42.3 Å². The molecule has 1 unspecified atom stereocenters. The lowest BCUT2D eigenvalue weighted by Gasteiger charge is -2.34. The summed E-state index contributed by atoms with van der Waals surface area (Å²) in [5.74, 6) is -0.376. The largest absolute Gasteiger partial charge is 0.353 e. The van der Waals surface area contributed by atoms with Crippen LogP contribution in [0.25, 0.3) is 0 Å². The third-order valence-electron chi connectivity index (χ3n) is 5.20. The number of halogens is 1. The molecule has 4 rings (SSSR count). The summed E-state index contributed by atoms with van der Waals surface area (Å²) in [7, 11) is -3.95. The molecular weight excluding hydrogens is 414 g/mol. The molecule has 2 aromatic carbocycles. The van der Waals surface area contributed by atoms with Gasteiger partial charge in [0.25, 0.3) is 0 Å². The summed E-state index contributed by atoms with van der Waals surface area (Å²) >= 11 is 6.25. The number of carbonyl (C=O) groups excluding carboxylic acids is 2. The van der Waals surface area contributed by atoms with E-state index in [2.05, 4.69) is 5.32 Å². The number of anilines is 1. The summed E-state index contributed by atoms with van der Waals surface area (Å²) in [6.07, 6.45) is 1.30. The minimum Gasteiger partial charge on any atom is -0.353 e. The first-order valence-electron chi connectivity index (χ1n) is 9.34. The smallest absolute Gasteiger partial charge is 0.244 e. The molecule has 0 spiro atoms. The van der Waals surface area contributed by atoms with Crippen molar-refractivity contribution >= 4 is 39.1 Å². The molecular formula is C20H20ClN3O4S. The van der Waals surface area contributed by atoms with Gasteiger partial charge in [0.2, 0.25) is 21.8 Å². The highest BCUT2D eigenvalue weighted by molar-refractivity contribution is 7.89. The first-order chi connectivity index (χ1) is 13.9. The number of benzene rings is 2. The number of amides is 2. The molecule has 0 radical (unpaired) electrons. The van der Waals surface area contributed by atoms with Crippen molar-refractivity contribution in [2.75, 3.05) is 24.5 Å². The Morgan fingerprint density at radius 3 is 2.38 bits per heavy atom. The lowest BCUT2D eigenvalue weighted by atomic mass is 10.0. The molecule has 2 aliphatic heterocycles. The molecule has 1 N–H and O–H groups in total. The average molecular weight is 434 g/mol. The highest BCUT2D eigenvalue weighted by Crippen LogP contribution is 2.34. The number of rotatable bonds is 4. The van der Waals surface area contributed by atoms with Gasteiger partial charge in [-0.2, -0.15) is 4.31 Å². The Morgan fingerprint density at radius 1 is 1.00 bits per heavy atom. The molecule has 2 fully saturated rings. The van der Waals surface area contributed by atoms with Crippen LogP contribution in [0.2, 0.25) is 5.02 Å². The second kappa shape index (κ2) is 7.78. The number of sulfonamides is 1.